The molecular formula is C7H10N4O. The third-order valence-electron chi connectivity index (χ3n) is 1.49. The molecule has 1 heterocycles. The first kappa shape index (κ1) is 8.45. The molecule has 3 N–H and O–H groups in total. The van der Waals surface area contributed by atoms with Crippen LogP contribution in [-0.2, 0) is 6.42 Å². The van der Waals surface area contributed by atoms with Crippen molar-refractivity contribution in [3.05, 3.63) is 27.7 Å². The molecular weight excluding hydrogens is 156 g/mol. The maximum atomic E-state index is 11.0. The number of nitrogens with two attached hydrogens (primary N) is 1. The zero-order chi connectivity index (χ0) is 8.97. The van der Waals surface area contributed by atoms with Gasteiger partial charge in [-0.15, -0.1) is 0 Å². The van der Waals surface area contributed by atoms with E-state index >= 15 is 0 Å². The van der Waals surface area contributed by atoms with E-state index in [4.69, 9.17) is 5.84 Å². The summed E-state index contributed by atoms with van der Waals surface area (Å²) < 4.78 is 0. The highest BCUT2D eigenvalue weighted by Gasteiger charge is 1.97. The van der Waals surface area contributed by atoms with Crippen molar-refractivity contribution >= 4 is 6.21 Å². The number of aryl methyl sites for hydroxylation is 1. The lowest BCUT2D eigenvalue weighted by Crippen LogP contribution is -2.14. The smallest absolute Gasteiger partial charge is 0.267 e. The molecule has 1 rings (SSSR count). The first-order valence-corrected chi connectivity index (χ1v) is 3.59. The molecule has 5 heteroatoms. The number of aromatic amines is 1. The SMILES string of the molecule is CCc1cc(/C=N/N)n[nH]c1=O. The number of hydrogen-bond acceptors (Lipinski definition) is 4. The van der Waals surface area contributed by atoms with Gasteiger partial charge in [0.1, 0.15) is 5.69 Å². The quantitative estimate of drug-likeness (QED) is 0.357. The van der Waals surface area contributed by atoms with Crippen LogP contribution in [0.25, 0.3) is 0 Å². The Morgan fingerprint density at radius 2 is 2.58 bits per heavy atom. The molecule has 1 aromatic rings. The molecule has 0 bridgehead atoms. The molecule has 0 aliphatic heterocycles. The van der Waals surface area contributed by atoms with Gasteiger partial charge < -0.3 is 5.84 Å². The van der Waals surface area contributed by atoms with Crippen LogP contribution in [0.5, 0.6) is 0 Å². The second-order valence-corrected chi connectivity index (χ2v) is 2.28. The lowest BCUT2D eigenvalue weighted by molar-refractivity contribution is 0.931. The first-order chi connectivity index (χ1) is 5.77. The van der Waals surface area contributed by atoms with Crippen LogP contribution in [0.15, 0.2) is 16.0 Å². The molecule has 1 aromatic heterocycles. The van der Waals surface area contributed by atoms with E-state index in [0.29, 0.717) is 17.7 Å². The van der Waals surface area contributed by atoms with Gasteiger partial charge >= 0.3 is 0 Å². The Labute approximate surface area is 69.3 Å². The third kappa shape index (κ3) is 1.69. The predicted molar refractivity (Wildman–Crippen MR) is 46.0 cm³/mol. The maximum Gasteiger partial charge on any atom is 0.267 e. The number of rotatable bonds is 2. The maximum absolute atomic E-state index is 11.0. The molecule has 0 saturated carbocycles. The second kappa shape index (κ2) is 3.66. The molecule has 0 amide bonds. The van der Waals surface area contributed by atoms with Crippen molar-refractivity contribution in [3.63, 3.8) is 0 Å². The number of H-pyrrole nitrogens is 1. The van der Waals surface area contributed by atoms with Crippen LogP contribution in [0.1, 0.15) is 18.2 Å². The fourth-order valence-electron chi connectivity index (χ4n) is 0.869. The fourth-order valence-corrected chi connectivity index (χ4v) is 0.869. The van der Waals surface area contributed by atoms with E-state index in [1.54, 1.807) is 6.07 Å². The van der Waals surface area contributed by atoms with Crippen molar-refractivity contribution < 1.29 is 0 Å². The van der Waals surface area contributed by atoms with Crippen LogP contribution < -0.4 is 11.4 Å². The predicted octanol–water partition coefficient (Wildman–Crippen LogP) is -0.375. The summed E-state index contributed by atoms with van der Waals surface area (Å²) in [5, 5.41) is 9.36. The number of nitrogens with one attached hydrogen (secondary N) is 1. The average Bonchev–Trinajstić information content (AvgIpc) is 2.09. The minimum Gasteiger partial charge on any atom is -0.323 e. The number of hydrazone groups is 1. The highest BCUT2D eigenvalue weighted by atomic mass is 16.1. The largest absolute Gasteiger partial charge is 0.323 e. The molecule has 0 aliphatic rings. The van der Waals surface area contributed by atoms with E-state index in [9.17, 15) is 4.79 Å². The van der Waals surface area contributed by atoms with Crippen molar-refractivity contribution in [2.75, 3.05) is 0 Å². The lowest BCUT2D eigenvalue weighted by atomic mass is 10.2. The van der Waals surface area contributed by atoms with E-state index in [-0.39, 0.29) is 5.56 Å². The van der Waals surface area contributed by atoms with E-state index in [1.807, 2.05) is 6.92 Å². The van der Waals surface area contributed by atoms with E-state index < -0.39 is 0 Å². The van der Waals surface area contributed by atoms with Crippen molar-refractivity contribution in [3.8, 4) is 0 Å². The number of nitrogens with zero attached hydrogens (tertiary/aromatic N) is 2. The minimum atomic E-state index is -0.160. The Bertz CT molecular complexity index is 342. The Balaban J connectivity index is 3.13. The van der Waals surface area contributed by atoms with E-state index in [2.05, 4.69) is 15.3 Å². The Hall–Kier alpha value is -1.65. The lowest BCUT2D eigenvalue weighted by Gasteiger charge is -1.94. The van der Waals surface area contributed by atoms with Crippen LogP contribution in [0.2, 0.25) is 0 Å². The molecule has 0 atom stereocenters. The Kier molecular flexibility index (Phi) is 2.57. The molecule has 0 unspecified atom stereocenters. The number of aromatic nitrogens is 2. The average molecular weight is 166 g/mol. The molecule has 0 aliphatic carbocycles. The van der Waals surface area contributed by atoms with Crippen molar-refractivity contribution in [2.24, 2.45) is 10.9 Å². The van der Waals surface area contributed by atoms with Crippen molar-refractivity contribution in [1.29, 1.82) is 0 Å². The van der Waals surface area contributed by atoms with Gasteiger partial charge in [-0.3, -0.25) is 4.79 Å². The molecule has 0 aromatic carbocycles. The summed E-state index contributed by atoms with van der Waals surface area (Å²) in [5.41, 5.74) is 1.08. The highest BCUT2D eigenvalue weighted by Crippen LogP contribution is 1.92. The normalized spacial score (nSPS) is 10.8. The highest BCUT2D eigenvalue weighted by molar-refractivity contribution is 5.76. The summed E-state index contributed by atoms with van der Waals surface area (Å²) in [6, 6.07) is 1.66. The molecule has 0 spiro atoms. The molecule has 12 heavy (non-hydrogen) atoms. The van der Waals surface area contributed by atoms with Crippen LogP contribution in [-0.4, -0.2) is 16.4 Å². The van der Waals surface area contributed by atoms with Gasteiger partial charge in [-0.2, -0.15) is 10.2 Å². The minimum absolute atomic E-state index is 0.160. The third-order valence-corrected chi connectivity index (χ3v) is 1.49. The van der Waals surface area contributed by atoms with Crippen LogP contribution in [0.3, 0.4) is 0 Å². The summed E-state index contributed by atoms with van der Waals surface area (Å²) in [6.07, 6.45) is 2.05. The van der Waals surface area contributed by atoms with Gasteiger partial charge in [-0.05, 0) is 12.5 Å². The van der Waals surface area contributed by atoms with E-state index in [0.717, 1.165) is 0 Å². The second-order valence-electron chi connectivity index (χ2n) is 2.28. The monoisotopic (exact) mass is 166 g/mol. The first-order valence-electron chi connectivity index (χ1n) is 3.59. The van der Waals surface area contributed by atoms with Gasteiger partial charge in [0.15, 0.2) is 0 Å². The van der Waals surface area contributed by atoms with Gasteiger partial charge in [0.05, 0.1) is 6.21 Å². The molecule has 64 valence electrons. The standard InChI is InChI=1S/C7H10N4O/c1-2-5-3-6(4-9-8)10-11-7(5)12/h3-4H,2,8H2,1H3,(H,11,12)/b9-4+. The summed E-state index contributed by atoms with van der Waals surface area (Å²) in [7, 11) is 0. The summed E-state index contributed by atoms with van der Waals surface area (Å²) in [5.74, 6) is 4.93. The summed E-state index contributed by atoms with van der Waals surface area (Å²) in [6.45, 7) is 1.90. The Morgan fingerprint density at radius 1 is 1.83 bits per heavy atom. The fraction of sp³-hybridized carbons (Fsp3) is 0.286. The van der Waals surface area contributed by atoms with Crippen LogP contribution in [0, 0.1) is 0 Å². The Morgan fingerprint density at radius 3 is 3.17 bits per heavy atom. The molecule has 0 fully saturated rings. The van der Waals surface area contributed by atoms with E-state index in [1.165, 1.54) is 6.21 Å². The summed E-state index contributed by atoms with van der Waals surface area (Å²) in [4.78, 5) is 11.0. The van der Waals surface area contributed by atoms with Crippen LogP contribution in [0.4, 0.5) is 0 Å². The van der Waals surface area contributed by atoms with Crippen molar-refractivity contribution in [1.82, 2.24) is 10.2 Å². The van der Waals surface area contributed by atoms with Crippen LogP contribution >= 0.6 is 0 Å². The zero-order valence-electron chi connectivity index (χ0n) is 6.74. The van der Waals surface area contributed by atoms with Gasteiger partial charge in [0, 0.05) is 5.56 Å². The molecule has 5 nitrogen and oxygen atoms in total. The molecule has 0 radical (unpaired) electrons. The molecule has 0 saturated heterocycles. The topological polar surface area (TPSA) is 84.1 Å². The van der Waals surface area contributed by atoms with Gasteiger partial charge in [-0.1, -0.05) is 6.92 Å². The summed E-state index contributed by atoms with van der Waals surface area (Å²) >= 11 is 0. The van der Waals surface area contributed by atoms with Gasteiger partial charge in [-0.25, -0.2) is 5.10 Å². The number of hydrogen-bond donors (Lipinski definition) is 2. The van der Waals surface area contributed by atoms with Crippen molar-refractivity contribution in [2.45, 2.75) is 13.3 Å². The zero-order valence-corrected chi connectivity index (χ0v) is 6.74. The van der Waals surface area contributed by atoms with Gasteiger partial charge in [0.25, 0.3) is 5.56 Å². The van der Waals surface area contributed by atoms with Gasteiger partial charge in [0.2, 0.25) is 0 Å².